The largest absolute Gasteiger partial charge is 0.393 e. The van der Waals surface area contributed by atoms with Gasteiger partial charge in [0.15, 0.2) is 0 Å². The second-order valence-electron chi connectivity index (χ2n) is 12.0. The van der Waals surface area contributed by atoms with Gasteiger partial charge in [-0.2, -0.15) is 0 Å². The van der Waals surface area contributed by atoms with Gasteiger partial charge < -0.3 is 10.2 Å². The minimum atomic E-state index is -0.451. The van der Waals surface area contributed by atoms with E-state index >= 15 is 0 Å². The highest BCUT2D eigenvalue weighted by Crippen LogP contribution is 2.59. The number of rotatable bonds is 5. The van der Waals surface area contributed by atoms with E-state index in [-0.39, 0.29) is 17.2 Å². The first kappa shape index (κ1) is 25.5. The van der Waals surface area contributed by atoms with Gasteiger partial charge in [0.2, 0.25) is 5.91 Å². The van der Waals surface area contributed by atoms with Gasteiger partial charge in [0, 0.05) is 17.8 Å². The Morgan fingerprint density at radius 1 is 1.25 bits per heavy atom. The third-order valence-electron chi connectivity index (χ3n) is 8.58. The quantitative estimate of drug-likeness (QED) is 0.522. The Balaban J connectivity index is 1.66. The van der Waals surface area contributed by atoms with Gasteiger partial charge in [0.1, 0.15) is 0 Å². The molecule has 7 atom stereocenters. The van der Waals surface area contributed by atoms with Crippen molar-refractivity contribution < 1.29 is 19.8 Å². The Morgan fingerprint density at radius 2 is 1.94 bits per heavy atom. The van der Waals surface area contributed by atoms with Crippen LogP contribution in [0.3, 0.4) is 0 Å². The minimum absolute atomic E-state index is 0.0803. The number of carbonyl (C=O) groups excluding carboxylic acids is 1. The molecule has 182 valence electrons. The zero-order valence-corrected chi connectivity index (χ0v) is 21.0. The van der Waals surface area contributed by atoms with Crippen molar-refractivity contribution in [3.05, 3.63) is 23.3 Å². The van der Waals surface area contributed by atoms with Crippen molar-refractivity contribution >= 4 is 5.91 Å². The van der Waals surface area contributed by atoms with Crippen molar-refractivity contribution in [2.24, 2.45) is 34.5 Å². The average molecular weight is 448 g/mol. The van der Waals surface area contributed by atoms with E-state index < -0.39 is 17.6 Å². The van der Waals surface area contributed by atoms with Crippen molar-refractivity contribution in [1.82, 2.24) is 5.48 Å². The average Bonchev–Trinajstić information content (AvgIpc) is 3.06. The molecule has 5 heteroatoms. The minimum Gasteiger partial charge on any atom is -0.393 e. The molecule has 1 unspecified atom stereocenters. The Bertz CT molecular complexity index is 736. The lowest BCUT2D eigenvalue weighted by atomic mass is 9.61. The SMILES string of the molecule is CC1/C(=C\C=C2/CCC[C@]3(C)[C@@H]([C@H](C)CONC(=O)C(C)(C)C)CC[C@@H]23)C[C@@H](O)C[C@@H]1O. The standard InChI is InChI=1S/C27H45NO4/c1-17(16-32-28-25(31)26(3,4)5)22-11-12-23-19(8-7-13-27(22,23)6)9-10-20-14-21(29)15-24(30)18(20)2/h9-10,17-18,21-24,29-30H,7-8,11-16H2,1-6H3,(H,28,31)/b19-9+,20-10-/t17-,18?,21-,22-,23+,24+,27-/m1/s1. The summed E-state index contributed by atoms with van der Waals surface area (Å²) in [5.41, 5.74) is 5.15. The molecule has 1 amide bonds. The molecule has 0 aromatic heterocycles. The predicted octanol–water partition coefficient (Wildman–Crippen LogP) is 4.94. The van der Waals surface area contributed by atoms with Crippen LogP contribution < -0.4 is 5.48 Å². The molecule has 3 fully saturated rings. The number of hydroxylamine groups is 1. The molecule has 3 rings (SSSR count). The molecule has 32 heavy (non-hydrogen) atoms. The molecule has 3 aliphatic rings. The van der Waals surface area contributed by atoms with Gasteiger partial charge in [0.05, 0.1) is 18.8 Å². The van der Waals surface area contributed by atoms with Crippen molar-refractivity contribution in [2.75, 3.05) is 6.61 Å². The molecule has 0 saturated heterocycles. The van der Waals surface area contributed by atoms with Gasteiger partial charge in [-0.15, -0.1) is 0 Å². The van der Waals surface area contributed by atoms with Crippen LogP contribution in [0.2, 0.25) is 0 Å². The number of aliphatic hydroxyl groups is 2. The molecule has 3 saturated carbocycles. The highest BCUT2D eigenvalue weighted by atomic mass is 16.7. The summed E-state index contributed by atoms with van der Waals surface area (Å²) >= 11 is 0. The van der Waals surface area contributed by atoms with Crippen LogP contribution in [-0.4, -0.2) is 34.9 Å². The molecular formula is C27H45NO4. The lowest BCUT2D eigenvalue weighted by molar-refractivity contribution is -0.143. The molecule has 0 radical (unpaired) electrons. The number of nitrogens with one attached hydrogen (secondary N) is 1. The van der Waals surface area contributed by atoms with Gasteiger partial charge in [0.25, 0.3) is 0 Å². The van der Waals surface area contributed by atoms with Crippen LogP contribution in [0.5, 0.6) is 0 Å². The maximum absolute atomic E-state index is 12.1. The topological polar surface area (TPSA) is 78.8 Å². The van der Waals surface area contributed by atoms with Crippen LogP contribution in [0, 0.1) is 34.5 Å². The highest BCUT2D eigenvalue weighted by molar-refractivity contribution is 5.80. The van der Waals surface area contributed by atoms with Crippen molar-refractivity contribution in [1.29, 1.82) is 0 Å². The Hall–Kier alpha value is -1.17. The Kier molecular flexibility index (Phi) is 7.94. The van der Waals surface area contributed by atoms with Crippen LogP contribution in [0.25, 0.3) is 0 Å². The van der Waals surface area contributed by atoms with E-state index in [1.165, 1.54) is 36.8 Å². The van der Waals surface area contributed by atoms with Crippen LogP contribution in [0.15, 0.2) is 23.3 Å². The number of hydrogen-bond donors (Lipinski definition) is 3. The van der Waals surface area contributed by atoms with E-state index in [4.69, 9.17) is 4.84 Å². The number of hydrogen-bond acceptors (Lipinski definition) is 4. The van der Waals surface area contributed by atoms with E-state index in [1.54, 1.807) is 0 Å². The summed E-state index contributed by atoms with van der Waals surface area (Å²) in [4.78, 5) is 17.7. The summed E-state index contributed by atoms with van der Waals surface area (Å²) in [5.74, 6) is 1.57. The summed E-state index contributed by atoms with van der Waals surface area (Å²) < 4.78 is 0. The number of carbonyl (C=O) groups is 1. The monoisotopic (exact) mass is 447 g/mol. The molecule has 0 heterocycles. The molecular weight excluding hydrogens is 402 g/mol. The van der Waals surface area contributed by atoms with Crippen molar-refractivity contribution in [3.63, 3.8) is 0 Å². The van der Waals surface area contributed by atoms with E-state index in [0.717, 1.165) is 6.42 Å². The third-order valence-corrected chi connectivity index (χ3v) is 8.58. The Labute approximate surface area is 194 Å². The summed E-state index contributed by atoms with van der Waals surface area (Å²) in [7, 11) is 0. The lowest BCUT2D eigenvalue weighted by Gasteiger charge is -2.44. The second kappa shape index (κ2) is 9.99. The number of amides is 1. The van der Waals surface area contributed by atoms with Crippen molar-refractivity contribution in [3.8, 4) is 0 Å². The highest BCUT2D eigenvalue weighted by Gasteiger charge is 2.50. The predicted molar refractivity (Wildman–Crippen MR) is 127 cm³/mol. The first-order valence-electron chi connectivity index (χ1n) is 12.6. The normalized spacial score (nSPS) is 39.2. The zero-order valence-electron chi connectivity index (χ0n) is 21.0. The first-order chi connectivity index (χ1) is 14.9. The number of allylic oxidation sites excluding steroid dienone is 3. The number of aliphatic hydroxyl groups excluding tert-OH is 2. The molecule has 3 aliphatic carbocycles. The summed E-state index contributed by atoms with van der Waals surface area (Å²) in [6.45, 7) is 13.0. The van der Waals surface area contributed by atoms with Crippen molar-refractivity contribution in [2.45, 2.75) is 98.7 Å². The molecule has 0 aromatic carbocycles. The fourth-order valence-corrected chi connectivity index (χ4v) is 6.43. The first-order valence-corrected chi connectivity index (χ1v) is 12.6. The van der Waals surface area contributed by atoms with Crippen LogP contribution >= 0.6 is 0 Å². The molecule has 0 aromatic rings. The molecule has 3 N–H and O–H groups in total. The zero-order chi connectivity index (χ0) is 23.7. The van der Waals surface area contributed by atoms with E-state index in [0.29, 0.717) is 37.2 Å². The van der Waals surface area contributed by atoms with E-state index in [2.05, 4.69) is 38.4 Å². The smallest absolute Gasteiger partial charge is 0.248 e. The van der Waals surface area contributed by atoms with Gasteiger partial charge in [-0.1, -0.05) is 64.8 Å². The fourth-order valence-electron chi connectivity index (χ4n) is 6.43. The third kappa shape index (κ3) is 5.48. The molecule has 0 bridgehead atoms. The maximum Gasteiger partial charge on any atom is 0.248 e. The lowest BCUT2D eigenvalue weighted by Crippen LogP contribution is -2.39. The summed E-state index contributed by atoms with van der Waals surface area (Å²) in [6.07, 6.45) is 10.8. The van der Waals surface area contributed by atoms with Gasteiger partial charge in [-0.25, -0.2) is 5.48 Å². The van der Waals surface area contributed by atoms with Gasteiger partial charge in [-0.05, 0) is 61.7 Å². The number of fused-ring (bicyclic) bond motifs is 1. The molecule has 5 nitrogen and oxygen atoms in total. The van der Waals surface area contributed by atoms with Gasteiger partial charge in [-0.3, -0.25) is 9.63 Å². The van der Waals surface area contributed by atoms with E-state index in [1.807, 2.05) is 20.8 Å². The Morgan fingerprint density at radius 3 is 2.62 bits per heavy atom. The molecule has 0 aliphatic heterocycles. The van der Waals surface area contributed by atoms with Crippen LogP contribution in [-0.2, 0) is 9.63 Å². The van der Waals surface area contributed by atoms with Crippen LogP contribution in [0.1, 0.15) is 86.5 Å². The fraction of sp³-hybridized carbons (Fsp3) is 0.815. The molecule has 0 spiro atoms. The van der Waals surface area contributed by atoms with E-state index in [9.17, 15) is 15.0 Å². The summed E-state index contributed by atoms with van der Waals surface area (Å²) in [6, 6.07) is 0. The van der Waals surface area contributed by atoms with Crippen LogP contribution in [0.4, 0.5) is 0 Å². The van der Waals surface area contributed by atoms with Gasteiger partial charge >= 0.3 is 0 Å². The maximum atomic E-state index is 12.1. The second-order valence-corrected chi connectivity index (χ2v) is 12.0. The summed E-state index contributed by atoms with van der Waals surface area (Å²) in [5, 5.41) is 20.3.